The number of anilines is 1. The van der Waals surface area contributed by atoms with Crippen LogP contribution in [0.15, 0.2) is 42.6 Å². The number of nitrogens with zero attached hydrogens (tertiary/aromatic N) is 3. The molecule has 1 aromatic heterocycles. The molecule has 0 saturated carbocycles. The zero-order valence-corrected chi connectivity index (χ0v) is 20.1. The maximum Gasteiger partial charge on any atom is 0.253 e. The molecule has 1 aromatic carbocycles. The zero-order valence-electron chi connectivity index (χ0n) is 18.5. The molecule has 0 radical (unpaired) electrons. The molecule has 2 N–H and O–H groups in total. The Morgan fingerprint density at radius 3 is 2.62 bits per heavy atom. The molecule has 1 aliphatic heterocycles. The van der Waals surface area contributed by atoms with Crippen LogP contribution in [0.4, 0.5) is 5.82 Å². The first-order valence-electron chi connectivity index (χ1n) is 10.7. The van der Waals surface area contributed by atoms with Crippen molar-refractivity contribution in [3.05, 3.63) is 58.7 Å². The van der Waals surface area contributed by atoms with E-state index in [1.807, 2.05) is 18.4 Å². The summed E-state index contributed by atoms with van der Waals surface area (Å²) in [5.74, 6) is 1.09. The van der Waals surface area contributed by atoms with Gasteiger partial charge in [-0.25, -0.2) is 4.98 Å². The minimum Gasteiger partial charge on any atom is -0.354 e. The number of hydrogen-bond acceptors (Lipinski definition) is 6. The number of benzene rings is 1. The normalized spacial score (nSPS) is 15.3. The van der Waals surface area contributed by atoms with Crippen LogP contribution in [0.1, 0.15) is 22.3 Å². The summed E-state index contributed by atoms with van der Waals surface area (Å²) in [5.41, 5.74) is 1.33. The number of halogens is 1. The molecule has 2 heterocycles. The molecule has 0 aliphatic carbocycles. The van der Waals surface area contributed by atoms with E-state index < -0.39 is 6.04 Å². The monoisotopic (exact) mass is 475 g/mol. The van der Waals surface area contributed by atoms with Gasteiger partial charge in [0.15, 0.2) is 0 Å². The number of pyridine rings is 1. The largest absolute Gasteiger partial charge is 0.354 e. The smallest absolute Gasteiger partial charge is 0.253 e. The van der Waals surface area contributed by atoms with Crippen molar-refractivity contribution < 1.29 is 9.59 Å². The number of hydrogen-bond donors (Lipinski definition) is 2. The van der Waals surface area contributed by atoms with Gasteiger partial charge >= 0.3 is 0 Å². The van der Waals surface area contributed by atoms with Gasteiger partial charge in [0.25, 0.3) is 5.91 Å². The minimum absolute atomic E-state index is 0.215. The Labute approximate surface area is 198 Å². The number of carbonyl (C=O) groups is 2. The number of rotatable bonds is 9. The molecule has 1 saturated heterocycles. The van der Waals surface area contributed by atoms with Crippen molar-refractivity contribution in [2.75, 3.05) is 50.1 Å². The van der Waals surface area contributed by atoms with Gasteiger partial charge in [0, 0.05) is 44.5 Å². The second-order valence-corrected chi connectivity index (χ2v) is 9.17. The molecule has 2 aromatic rings. The summed E-state index contributed by atoms with van der Waals surface area (Å²) >= 11 is 7.78. The zero-order chi connectivity index (χ0) is 22.9. The highest BCUT2D eigenvalue weighted by atomic mass is 35.5. The van der Waals surface area contributed by atoms with Crippen molar-refractivity contribution in [2.24, 2.45) is 0 Å². The van der Waals surface area contributed by atoms with Gasteiger partial charge in [-0.05, 0) is 43.7 Å². The van der Waals surface area contributed by atoms with Crippen molar-refractivity contribution in [3.63, 3.8) is 0 Å². The first-order valence-corrected chi connectivity index (χ1v) is 12.5. The second kappa shape index (κ2) is 12.1. The fourth-order valence-electron chi connectivity index (χ4n) is 3.56. The van der Waals surface area contributed by atoms with E-state index in [1.54, 1.807) is 42.2 Å². The Morgan fingerprint density at radius 2 is 1.91 bits per heavy atom. The number of likely N-dealkylation sites (N-methyl/N-ethyl adjacent to an activating group) is 1. The Balaban J connectivity index is 1.65. The third-order valence-electron chi connectivity index (χ3n) is 5.47. The molecule has 1 aliphatic rings. The Kier molecular flexibility index (Phi) is 9.20. The van der Waals surface area contributed by atoms with E-state index in [4.69, 9.17) is 11.6 Å². The molecule has 32 heavy (non-hydrogen) atoms. The minimum atomic E-state index is -0.644. The van der Waals surface area contributed by atoms with E-state index in [9.17, 15) is 9.59 Å². The number of carbonyl (C=O) groups excluding carboxylic acids is 2. The lowest BCUT2D eigenvalue weighted by atomic mass is 10.1. The maximum absolute atomic E-state index is 13.0. The topological polar surface area (TPSA) is 77.6 Å². The fraction of sp³-hybridized carbons (Fsp3) is 0.435. The van der Waals surface area contributed by atoms with Gasteiger partial charge < -0.3 is 20.4 Å². The quantitative estimate of drug-likeness (QED) is 0.580. The molecule has 9 heteroatoms. The first-order chi connectivity index (χ1) is 15.5. The van der Waals surface area contributed by atoms with E-state index in [0.717, 1.165) is 43.3 Å². The molecule has 0 bridgehead atoms. The maximum atomic E-state index is 13.0. The SMILES string of the molecule is CSCCC(NC(=O)c1ccccc1Cl)C(=O)NCc1cccnc1N1CCN(C)CC1. The Hall–Kier alpha value is -2.29. The van der Waals surface area contributed by atoms with Crippen molar-refractivity contribution >= 4 is 41.0 Å². The molecule has 172 valence electrons. The standard InChI is InChI=1S/C23H30ClN5O2S/c1-28-11-13-29(14-12-28)21-17(6-5-10-25-21)16-26-23(31)20(9-15-32-2)27-22(30)18-7-3-4-8-19(18)24/h3-8,10,20H,9,11-16H2,1-2H3,(H,26,31)(H,27,30). The lowest BCUT2D eigenvalue weighted by molar-refractivity contribution is -0.123. The highest BCUT2D eigenvalue weighted by Gasteiger charge is 2.23. The van der Waals surface area contributed by atoms with Crippen molar-refractivity contribution in [3.8, 4) is 0 Å². The summed E-state index contributed by atoms with van der Waals surface area (Å²) in [4.78, 5) is 34.8. The van der Waals surface area contributed by atoms with Crippen LogP contribution in [0.2, 0.25) is 5.02 Å². The summed E-state index contributed by atoms with van der Waals surface area (Å²) < 4.78 is 0. The van der Waals surface area contributed by atoms with E-state index in [0.29, 0.717) is 23.6 Å². The van der Waals surface area contributed by atoms with E-state index in [2.05, 4.69) is 32.5 Å². The van der Waals surface area contributed by atoms with Crippen LogP contribution in [0.3, 0.4) is 0 Å². The lowest BCUT2D eigenvalue weighted by Crippen LogP contribution is -2.47. The third-order valence-corrected chi connectivity index (χ3v) is 6.45. The molecule has 7 nitrogen and oxygen atoms in total. The summed E-state index contributed by atoms with van der Waals surface area (Å²) in [5, 5.41) is 6.20. The predicted octanol–water partition coefficient (Wildman–Crippen LogP) is 2.65. The molecule has 1 atom stereocenters. The van der Waals surface area contributed by atoms with Gasteiger partial charge in [0.1, 0.15) is 11.9 Å². The molecular formula is C23H30ClN5O2S. The highest BCUT2D eigenvalue weighted by molar-refractivity contribution is 7.98. The van der Waals surface area contributed by atoms with Gasteiger partial charge in [-0.1, -0.05) is 29.8 Å². The fourth-order valence-corrected chi connectivity index (χ4v) is 4.26. The Morgan fingerprint density at radius 1 is 1.16 bits per heavy atom. The number of amides is 2. The van der Waals surface area contributed by atoms with Gasteiger partial charge in [-0.15, -0.1) is 0 Å². The van der Waals surface area contributed by atoms with Crippen molar-refractivity contribution in [1.29, 1.82) is 0 Å². The predicted molar refractivity (Wildman–Crippen MR) is 131 cm³/mol. The van der Waals surface area contributed by atoms with Gasteiger partial charge in [0.05, 0.1) is 10.6 Å². The average Bonchev–Trinajstić information content (AvgIpc) is 2.81. The molecular weight excluding hydrogens is 446 g/mol. The van der Waals surface area contributed by atoms with E-state index in [1.165, 1.54) is 0 Å². The van der Waals surface area contributed by atoms with Crippen LogP contribution in [0, 0.1) is 0 Å². The molecule has 1 unspecified atom stereocenters. The van der Waals surface area contributed by atoms with Gasteiger partial charge in [-0.3, -0.25) is 9.59 Å². The number of nitrogens with one attached hydrogen (secondary N) is 2. The molecule has 0 spiro atoms. The van der Waals surface area contributed by atoms with Crippen LogP contribution < -0.4 is 15.5 Å². The summed E-state index contributed by atoms with van der Waals surface area (Å²) in [6, 6.07) is 10.1. The number of aromatic nitrogens is 1. The first kappa shape index (κ1) is 24.4. The van der Waals surface area contributed by atoms with E-state index in [-0.39, 0.29) is 11.8 Å². The third kappa shape index (κ3) is 6.60. The van der Waals surface area contributed by atoms with Crippen LogP contribution in [0.5, 0.6) is 0 Å². The van der Waals surface area contributed by atoms with Crippen LogP contribution in [-0.2, 0) is 11.3 Å². The molecule has 3 rings (SSSR count). The van der Waals surface area contributed by atoms with Crippen LogP contribution in [0.25, 0.3) is 0 Å². The lowest BCUT2D eigenvalue weighted by Gasteiger charge is -2.34. The average molecular weight is 476 g/mol. The van der Waals surface area contributed by atoms with Gasteiger partial charge in [0.2, 0.25) is 5.91 Å². The Bertz CT molecular complexity index is 921. The summed E-state index contributed by atoms with van der Waals surface area (Å²) in [6.07, 6.45) is 4.29. The summed E-state index contributed by atoms with van der Waals surface area (Å²) in [6.45, 7) is 4.11. The van der Waals surface area contributed by atoms with Crippen molar-refractivity contribution in [2.45, 2.75) is 19.0 Å². The second-order valence-electron chi connectivity index (χ2n) is 7.78. The number of piperazine rings is 1. The van der Waals surface area contributed by atoms with Gasteiger partial charge in [-0.2, -0.15) is 11.8 Å². The van der Waals surface area contributed by atoms with Crippen LogP contribution >= 0.6 is 23.4 Å². The highest BCUT2D eigenvalue weighted by Crippen LogP contribution is 2.19. The molecule has 2 amide bonds. The summed E-state index contributed by atoms with van der Waals surface area (Å²) in [7, 11) is 2.11. The molecule has 1 fully saturated rings. The van der Waals surface area contributed by atoms with E-state index >= 15 is 0 Å². The van der Waals surface area contributed by atoms with Crippen molar-refractivity contribution in [1.82, 2.24) is 20.5 Å². The number of thioether (sulfide) groups is 1. The van der Waals surface area contributed by atoms with Crippen LogP contribution in [-0.4, -0.2) is 73.0 Å².